The fourth-order valence-corrected chi connectivity index (χ4v) is 0.136. The maximum atomic E-state index is 9.41. The summed E-state index contributed by atoms with van der Waals surface area (Å²) in [6.45, 7) is 3.26. The summed E-state index contributed by atoms with van der Waals surface area (Å²) >= 11 is 0. The van der Waals surface area contributed by atoms with Gasteiger partial charge in [0.25, 0.3) is 0 Å². The molecule has 0 atom stereocenters. The van der Waals surface area contributed by atoms with Crippen LogP contribution in [0.1, 0.15) is 0 Å². The minimum absolute atomic E-state index is 0. The first kappa shape index (κ1) is 24.0. The number of carboxylic acids is 2. The van der Waals surface area contributed by atoms with Gasteiger partial charge in [-0.2, -0.15) is 0 Å². The summed E-state index contributed by atoms with van der Waals surface area (Å²) in [7, 11) is 1.56. The number of carbonyl (C=O) groups excluding carboxylic acids is 2. The molecule has 7 heteroatoms. The molecular weight excluding hydrogens is 227 g/mol. The van der Waals surface area contributed by atoms with Gasteiger partial charge in [-0.05, 0) is 12.2 Å². The molecule has 0 spiro atoms. The molecule has 0 aromatic rings. The summed E-state index contributed by atoms with van der Waals surface area (Å²) in [5, 5.41) is 18.8. The Kier molecular flexibility index (Phi) is 32.7. The molecule has 0 fully saturated rings. The van der Waals surface area contributed by atoms with E-state index in [-0.39, 0.29) is 67.3 Å². The molecule has 0 amide bonds. The molecule has 68 valence electrons. The van der Waals surface area contributed by atoms with E-state index in [0.717, 1.165) is 0 Å². The Hall–Kier alpha value is 0.480. The van der Waals surface area contributed by atoms with Gasteiger partial charge >= 0.3 is 67.3 Å². The van der Waals surface area contributed by atoms with Crippen molar-refractivity contribution in [3.05, 3.63) is 25.0 Å². The van der Waals surface area contributed by atoms with Gasteiger partial charge in [0.15, 0.2) is 0 Å². The van der Waals surface area contributed by atoms with Gasteiger partial charge in [-0.3, -0.25) is 0 Å². The fourth-order valence-electron chi connectivity index (χ4n) is 0.136. The van der Waals surface area contributed by atoms with Crippen LogP contribution in [0.25, 0.3) is 0 Å². The van der Waals surface area contributed by atoms with Crippen molar-refractivity contribution in [2.24, 2.45) is 0 Å². The van der Waals surface area contributed by atoms with E-state index in [1.807, 2.05) is 0 Å². The van der Waals surface area contributed by atoms with E-state index < -0.39 is 11.9 Å². The Morgan fingerprint density at radius 2 is 1.43 bits per heavy atom. The Morgan fingerprint density at radius 3 is 1.50 bits per heavy atom. The molecule has 0 aromatic heterocycles. The zero-order chi connectivity index (χ0) is 9.98. The van der Waals surface area contributed by atoms with Crippen molar-refractivity contribution >= 4 is 49.7 Å². The average Bonchev–Trinajstić information content (AvgIpc) is 2.01. The molecule has 0 bridgehead atoms. The van der Waals surface area contributed by atoms with Gasteiger partial charge < -0.3 is 24.5 Å². The molecule has 0 rings (SSSR count). The van der Waals surface area contributed by atoms with Crippen LogP contribution < -0.4 is 39.8 Å². The predicted octanol–water partition coefficient (Wildman–Crippen LogP) is -5.56. The van der Waals surface area contributed by atoms with Crippen LogP contribution in [0.5, 0.6) is 0 Å². The minimum atomic E-state index is -1.55. The maximum absolute atomic E-state index is 9.41. The molecular formula is C7H8CaNaO5+. The van der Waals surface area contributed by atoms with Gasteiger partial charge in [-0.1, -0.05) is 6.58 Å². The summed E-state index contributed by atoms with van der Waals surface area (Å²) in [6.07, 6.45) is 2.14. The Morgan fingerprint density at radius 1 is 1.21 bits per heavy atom. The number of ether oxygens (including phenoxy) is 1. The topological polar surface area (TPSA) is 89.5 Å². The number of carboxylic acid groups (broad SMARTS) is 2. The van der Waals surface area contributed by atoms with Gasteiger partial charge in [-0.25, -0.2) is 0 Å². The van der Waals surface area contributed by atoms with Gasteiger partial charge in [0.05, 0.1) is 25.3 Å². The second-order valence-corrected chi connectivity index (χ2v) is 1.37. The van der Waals surface area contributed by atoms with Crippen molar-refractivity contribution in [3.63, 3.8) is 0 Å². The van der Waals surface area contributed by atoms with Crippen LogP contribution in [0.2, 0.25) is 0 Å². The van der Waals surface area contributed by atoms with Crippen LogP contribution in [-0.4, -0.2) is 56.8 Å². The first-order valence-corrected chi connectivity index (χ1v) is 2.78. The second-order valence-electron chi connectivity index (χ2n) is 1.37. The van der Waals surface area contributed by atoms with Crippen molar-refractivity contribution in [2.45, 2.75) is 0 Å². The molecule has 0 N–H and O–H groups in total. The molecule has 5 nitrogen and oxygen atoms in total. The molecule has 0 aromatic carbocycles. The van der Waals surface area contributed by atoms with E-state index in [2.05, 4.69) is 11.3 Å². The second kappa shape index (κ2) is 19.1. The molecule has 0 heterocycles. The van der Waals surface area contributed by atoms with E-state index in [1.165, 1.54) is 6.26 Å². The minimum Gasteiger partial charge on any atom is -0.545 e. The van der Waals surface area contributed by atoms with E-state index >= 15 is 0 Å². The molecule has 0 aliphatic carbocycles. The molecule has 0 saturated carbocycles. The average molecular weight is 235 g/mol. The van der Waals surface area contributed by atoms with Crippen molar-refractivity contribution in [1.29, 1.82) is 0 Å². The zero-order valence-corrected chi connectivity index (χ0v) is 12.4. The smallest absolute Gasteiger partial charge is 0.545 e. The van der Waals surface area contributed by atoms with E-state index in [9.17, 15) is 19.8 Å². The zero-order valence-electron chi connectivity index (χ0n) is 8.19. The summed E-state index contributed by atoms with van der Waals surface area (Å²) in [5.41, 5.74) is 0. The third-order valence-corrected chi connectivity index (χ3v) is 0.522. The summed E-state index contributed by atoms with van der Waals surface area (Å²) in [6, 6.07) is 0. The summed E-state index contributed by atoms with van der Waals surface area (Å²) in [5.74, 6) is -3.09. The molecule has 0 aliphatic rings. The summed E-state index contributed by atoms with van der Waals surface area (Å²) in [4.78, 5) is 18.8. The third kappa shape index (κ3) is 39.2. The van der Waals surface area contributed by atoms with Crippen LogP contribution in [0.15, 0.2) is 25.0 Å². The Bertz CT molecular complexity index is 177. The van der Waals surface area contributed by atoms with Crippen molar-refractivity contribution in [1.82, 2.24) is 0 Å². The van der Waals surface area contributed by atoms with Gasteiger partial charge in [0.1, 0.15) is 0 Å². The summed E-state index contributed by atoms with van der Waals surface area (Å²) < 4.78 is 4.31. The SMILES string of the molecule is C=COC.O=C([O-])/C=C\C(=O)[O-].[Ca+2].[Na+]. The van der Waals surface area contributed by atoms with E-state index in [4.69, 9.17) is 0 Å². The van der Waals surface area contributed by atoms with E-state index in [0.29, 0.717) is 12.2 Å². The number of carbonyl (C=O) groups is 2. The Balaban J connectivity index is -0.0000000733. The predicted molar refractivity (Wildman–Crippen MR) is 42.1 cm³/mol. The fraction of sp³-hybridized carbons (Fsp3) is 0.143. The van der Waals surface area contributed by atoms with Crippen LogP contribution in [-0.2, 0) is 14.3 Å². The van der Waals surface area contributed by atoms with Gasteiger partial charge in [0, 0.05) is 0 Å². The molecule has 0 saturated heterocycles. The normalized spacial score (nSPS) is 6.93. The van der Waals surface area contributed by atoms with Gasteiger partial charge in [-0.15, -0.1) is 0 Å². The van der Waals surface area contributed by atoms with Crippen LogP contribution in [0.4, 0.5) is 0 Å². The van der Waals surface area contributed by atoms with Crippen LogP contribution >= 0.6 is 0 Å². The van der Waals surface area contributed by atoms with E-state index in [1.54, 1.807) is 7.11 Å². The van der Waals surface area contributed by atoms with Crippen LogP contribution in [0.3, 0.4) is 0 Å². The number of hydrogen-bond acceptors (Lipinski definition) is 5. The number of methoxy groups -OCH3 is 1. The van der Waals surface area contributed by atoms with Crippen LogP contribution in [0, 0.1) is 0 Å². The maximum Gasteiger partial charge on any atom is 2.00 e. The molecule has 0 unspecified atom stereocenters. The first-order chi connectivity index (χ1) is 5.54. The number of aliphatic carboxylic acids is 2. The standard InChI is InChI=1S/C4H4O4.C3H6O.Ca.Na/c5-3(6)1-2-4(7)8;1-3-4-2;;/h1-2H,(H,5,6)(H,7,8);3H,1H2,2H3;;/q;;+2;+1/p-2/b2-1-;;;. The number of hydrogen-bond donors (Lipinski definition) is 0. The molecule has 14 heavy (non-hydrogen) atoms. The van der Waals surface area contributed by atoms with Crippen molar-refractivity contribution in [3.8, 4) is 0 Å². The van der Waals surface area contributed by atoms with Gasteiger partial charge in [0.2, 0.25) is 0 Å². The monoisotopic (exact) mass is 235 g/mol. The third-order valence-electron chi connectivity index (χ3n) is 0.522. The van der Waals surface area contributed by atoms with Crippen molar-refractivity contribution in [2.75, 3.05) is 7.11 Å². The van der Waals surface area contributed by atoms with Crippen molar-refractivity contribution < 1.29 is 54.1 Å². The molecule has 0 radical (unpaired) electrons. The number of rotatable bonds is 3. The first-order valence-electron chi connectivity index (χ1n) is 2.78. The quantitative estimate of drug-likeness (QED) is 0.276. The molecule has 0 aliphatic heterocycles. The Labute approximate surface area is 134 Å². The largest absolute Gasteiger partial charge is 2.00 e.